The summed E-state index contributed by atoms with van der Waals surface area (Å²) in [5.74, 6) is 0.925. The van der Waals surface area contributed by atoms with E-state index in [1.165, 1.54) is 0 Å². The molecule has 3 N–H and O–H groups in total. The van der Waals surface area contributed by atoms with Crippen LogP contribution in [0.2, 0.25) is 0 Å². The Morgan fingerprint density at radius 1 is 1.25 bits per heavy atom. The van der Waals surface area contributed by atoms with E-state index >= 15 is 0 Å². The summed E-state index contributed by atoms with van der Waals surface area (Å²) in [6.45, 7) is 3.88. The number of nitrogens with zero attached hydrogens (tertiary/aromatic N) is 1. The van der Waals surface area contributed by atoms with Crippen LogP contribution in [0.25, 0.3) is 11.5 Å². The van der Waals surface area contributed by atoms with Crippen LogP contribution in [0.1, 0.15) is 34.8 Å². The first-order valence-corrected chi connectivity index (χ1v) is 7.77. The quantitative estimate of drug-likeness (QED) is 0.674. The number of aromatic nitrogens is 3. The molecule has 0 radical (unpaired) electrons. The van der Waals surface area contributed by atoms with E-state index in [9.17, 15) is 4.79 Å². The zero-order valence-corrected chi connectivity index (χ0v) is 13.9. The first kappa shape index (κ1) is 15.9. The highest BCUT2D eigenvalue weighted by Crippen LogP contribution is 2.29. The van der Waals surface area contributed by atoms with Crippen molar-refractivity contribution < 1.29 is 9.53 Å². The van der Waals surface area contributed by atoms with Gasteiger partial charge in [-0.2, -0.15) is 0 Å². The third kappa shape index (κ3) is 3.17. The van der Waals surface area contributed by atoms with E-state index in [4.69, 9.17) is 4.74 Å². The number of nitrogens with one attached hydrogen (secondary N) is 3. The van der Waals surface area contributed by atoms with Crippen molar-refractivity contribution >= 4 is 5.91 Å². The Hall–Kier alpha value is -3.02. The molecule has 2 heterocycles. The fourth-order valence-electron chi connectivity index (χ4n) is 2.48. The maximum absolute atomic E-state index is 12.1. The number of carbonyl (C=O) groups is 1. The number of H-pyrrole nitrogens is 2. The molecule has 6 heteroatoms. The number of aromatic amines is 2. The molecule has 24 heavy (non-hydrogen) atoms. The van der Waals surface area contributed by atoms with Gasteiger partial charge in [0.2, 0.25) is 0 Å². The van der Waals surface area contributed by atoms with Crippen LogP contribution in [0.4, 0.5) is 0 Å². The Morgan fingerprint density at radius 3 is 2.62 bits per heavy atom. The topological polar surface area (TPSA) is 82.8 Å². The van der Waals surface area contributed by atoms with Gasteiger partial charge in [-0.1, -0.05) is 30.3 Å². The first-order valence-electron chi connectivity index (χ1n) is 7.77. The number of amides is 1. The molecular formula is C18H20N4O2. The second-order valence-electron chi connectivity index (χ2n) is 5.59. The SMILES string of the molecule is CNC(=O)c1[nH]c(-c2ncc(C)[nH]2)cc1O[C@@H](C)c1ccccc1. The highest BCUT2D eigenvalue weighted by Gasteiger charge is 2.20. The molecule has 6 nitrogen and oxygen atoms in total. The summed E-state index contributed by atoms with van der Waals surface area (Å²) in [6.07, 6.45) is 1.56. The summed E-state index contributed by atoms with van der Waals surface area (Å²) in [6, 6.07) is 11.7. The van der Waals surface area contributed by atoms with E-state index in [0.717, 1.165) is 11.3 Å². The van der Waals surface area contributed by atoms with Gasteiger partial charge in [0.05, 0.1) is 5.69 Å². The Morgan fingerprint density at radius 2 is 2.00 bits per heavy atom. The average Bonchev–Trinajstić information content (AvgIpc) is 3.21. The Bertz CT molecular complexity index is 836. The summed E-state index contributed by atoms with van der Waals surface area (Å²) in [4.78, 5) is 22.7. The van der Waals surface area contributed by atoms with Crippen LogP contribution in [0.3, 0.4) is 0 Å². The largest absolute Gasteiger partial charge is 0.484 e. The third-order valence-corrected chi connectivity index (χ3v) is 3.77. The van der Waals surface area contributed by atoms with Crippen LogP contribution in [0, 0.1) is 6.92 Å². The molecule has 0 fully saturated rings. The van der Waals surface area contributed by atoms with Gasteiger partial charge >= 0.3 is 0 Å². The van der Waals surface area contributed by atoms with Gasteiger partial charge in [0.25, 0.3) is 5.91 Å². The lowest BCUT2D eigenvalue weighted by Crippen LogP contribution is -2.19. The summed E-state index contributed by atoms with van der Waals surface area (Å²) in [5.41, 5.74) is 3.07. The lowest BCUT2D eigenvalue weighted by atomic mass is 10.1. The molecule has 0 saturated carbocycles. The first-order chi connectivity index (χ1) is 11.6. The molecule has 1 aromatic carbocycles. The lowest BCUT2D eigenvalue weighted by molar-refractivity contribution is 0.0952. The minimum Gasteiger partial charge on any atom is -0.484 e. The van der Waals surface area contributed by atoms with Crippen molar-refractivity contribution in [3.8, 4) is 17.3 Å². The van der Waals surface area contributed by atoms with E-state index in [1.54, 1.807) is 19.3 Å². The highest BCUT2D eigenvalue weighted by molar-refractivity contribution is 5.96. The number of imidazole rings is 1. The molecule has 0 aliphatic heterocycles. The Labute approximate surface area is 140 Å². The van der Waals surface area contributed by atoms with Crippen molar-refractivity contribution in [2.45, 2.75) is 20.0 Å². The predicted octanol–water partition coefficient (Wildman–Crippen LogP) is 3.21. The smallest absolute Gasteiger partial charge is 0.271 e. The zero-order valence-electron chi connectivity index (χ0n) is 13.9. The molecule has 0 bridgehead atoms. The van der Waals surface area contributed by atoms with Crippen molar-refractivity contribution in [3.05, 3.63) is 59.5 Å². The molecule has 0 saturated heterocycles. The molecule has 0 unspecified atom stereocenters. The molecular weight excluding hydrogens is 304 g/mol. The second kappa shape index (κ2) is 6.62. The van der Waals surface area contributed by atoms with Crippen molar-refractivity contribution in [1.82, 2.24) is 20.3 Å². The number of benzene rings is 1. The van der Waals surface area contributed by atoms with E-state index in [0.29, 0.717) is 23.0 Å². The molecule has 0 aliphatic carbocycles. The molecule has 2 aromatic heterocycles. The van der Waals surface area contributed by atoms with Crippen molar-refractivity contribution in [2.75, 3.05) is 7.05 Å². The van der Waals surface area contributed by atoms with Crippen LogP contribution in [0.5, 0.6) is 5.75 Å². The van der Waals surface area contributed by atoms with Gasteiger partial charge in [-0.25, -0.2) is 4.98 Å². The number of hydrogen-bond acceptors (Lipinski definition) is 3. The van der Waals surface area contributed by atoms with E-state index in [2.05, 4.69) is 20.3 Å². The normalized spacial score (nSPS) is 12.0. The number of hydrogen-bond donors (Lipinski definition) is 3. The highest BCUT2D eigenvalue weighted by atomic mass is 16.5. The van der Waals surface area contributed by atoms with Gasteiger partial charge < -0.3 is 20.0 Å². The fraction of sp³-hybridized carbons (Fsp3) is 0.222. The Kier molecular flexibility index (Phi) is 4.37. The van der Waals surface area contributed by atoms with Gasteiger partial charge in [0, 0.05) is 25.0 Å². The molecule has 0 spiro atoms. The van der Waals surface area contributed by atoms with Gasteiger partial charge in [-0.3, -0.25) is 4.79 Å². The Balaban J connectivity index is 1.93. The zero-order chi connectivity index (χ0) is 17.1. The van der Waals surface area contributed by atoms with Crippen molar-refractivity contribution in [1.29, 1.82) is 0 Å². The summed E-state index contributed by atoms with van der Waals surface area (Å²) >= 11 is 0. The average molecular weight is 324 g/mol. The van der Waals surface area contributed by atoms with E-state index in [1.807, 2.05) is 44.2 Å². The third-order valence-electron chi connectivity index (χ3n) is 3.77. The molecule has 3 aromatic rings. The van der Waals surface area contributed by atoms with Crippen LogP contribution in [0.15, 0.2) is 42.6 Å². The molecule has 1 amide bonds. The maximum atomic E-state index is 12.1. The minimum atomic E-state index is -0.236. The monoisotopic (exact) mass is 324 g/mol. The second-order valence-corrected chi connectivity index (χ2v) is 5.59. The van der Waals surface area contributed by atoms with Gasteiger partial charge in [-0.05, 0) is 19.4 Å². The summed E-state index contributed by atoms with van der Waals surface area (Å²) in [5, 5.41) is 2.62. The fourth-order valence-corrected chi connectivity index (χ4v) is 2.48. The van der Waals surface area contributed by atoms with Crippen LogP contribution in [-0.2, 0) is 0 Å². The van der Waals surface area contributed by atoms with Crippen LogP contribution < -0.4 is 10.1 Å². The number of aryl methyl sites for hydroxylation is 1. The van der Waals surface area contributed by atoms with Crippen molar-refractivity contribution in [2.24, 2.45) is 0 Å². The van der Waals surface area contributed by atoms with E-state index < -0.39 is 0 Å². The number of rotatable bonds is 5. The standard InChI is InChI=1S/C18H20N4O2/c1-11-10-20-17(21-11)14-9-15(16(22-14)18(23)19-3)24-12(2)13-7-5-4-6-8-13/h4-10,12,22H,1-3H3,(H,19,23)(H,20,21)/t12-/m0/s1. The molecule has 0 aliphatic rings. The molecule has 1 atom stereocenters. The summed E-state index contributed by atoms with van der Waals surface area (Å²) in [7, 11) is 1.59. The van der Waals surface area contributed by atoms with Crippen molar-refractivity contribution in [3.63, 3.8) is 0 Å². The number of carbonyl (C=O) groups excluding carboxylic acids is 1. The van der Waals surface area contributed by atoms with Gasteiger partial charge in [0.15, 0.2) is 11.6 Å². The van der Waals surface area contributed by atoms with Crippen LogP contribution in [-0.4, -0.2) is 27.9 Å². The predicted molar refractivity (Wildman–Crippen MR) is 92.0 cm³/mol. The van der Waals surface area contributed by atoms with Gasteiger partial charge in [-0.15, -0.1) is 0 Å². The summed E-state index contributed by atoms with van der Waals surface area (Å²) < 4.78 is 6.03. The van der Waals surface area contributed by atoms with Crippen LogP contribution >= 0.6 is 0 Å². The van der Waals surface area contributed by atoms with E-state index in [-0.39, 0.29) is 12.0 Å². The number of ether oxygens (including phenoxy) is 1. The molecule has 3 rings (SSSR count). The van der Waals surface area contributed by atoms with Gasteiger partial charge in [0.1, 0.15) is 11.8 Å². The maximum Gasteiger partial charge on any atom is 0.271 e. The minimum absolute atomic E-state index is 0.184. The lowest BCUT2D eigenvalue weighted by Gasteiger charge is -2.14. The molecule has 124 valence electrons.